The molecule has 9 heteroatoms. The van der Waals surface area contributed by atoms with E-state index in [2.05, 4.69) is 20.6 Å². The van der Waals surface area contributed by atoms with Gasteiger partial charge in [0.25, 0.3) is 0 Å². The molecule has 0 aliphatic heterocycles. The molecule has 7 nitrogen and oxygen atoms in total. The number of urea groups is 1. The van der Waals surface area contributed by atoms with Gasteiger partial charge in [-0.25, -0.2) is 14.8 Å². The standard InChI is InChI=1S/C12H14N4O3S2/c1-19-4-3-13-12(18)16-9(17)6-21-11-10-8(2-5-20-10)14-7-15-11/h2,5,7H,3-4,6H2,1H3,(H2,13,16,17,18). The Balaban J connectivity index is 1.81. The van der Waals surface area contributed by atoms with Gasteiger partial charge in [0.1, 0.15) is 11.4 Å². The first kappa shape index (κ1) is 15.7. The maximum atomic E-state index is 11.7. The summed E-state index contributed by atoms with van der Waals surface area (Å²) < 4.78 is 5.74. The first-order valence-corrected chi connectivity index (χ1v) is 7.95. The topological polar surface area (TPSA) is 93.2 Å². The van der Waals surface area contributed by atoms with Crippen molar-refractivity contribution in [2.24, 2.45) is 0 Å². The zero-order valence-corrected chi connectivity index (χ0v) is 12.9. The summed E-state index contributed by atoms with van der Waals surface area (Å²) >= 11 is 2.80. The molecule has 0 aliphatic carbocycles. The average Bonchev–Trinajstić information content (AvgIpc) is 2.94. The van der Waals surface area contributed by atoms with E-state index in [-0.39, 0.29) is 11.7 Å². The van der Waals surface area contributed by atoms with E-state index in [1.54, 1.807) is 0 Å². The number of nitrogens with one attached hydrogen (secondary N) is 2. The third-order valence-electron chi connectivity index (χ3n) is 2.40. The highest BCUT2D eigenvalue weighted by molar-refractivity contribution is 8.00. The van der Waals surface area contributed by atoms with Crippen LogP contribution in [0, 0.1) is 0 Å². The molecule has 0 bridgehead atoms. The zero-order chi connectivity index (χ0) is 15.1. The van der Waals surface area contributed by atoms with Gasteiger partial charge in [0, 0.05) is 13.7 Å². The number of nitrogens with zero attached hydrogens (tertiary/aromatic N) is 2. The van der Waals surface area contributed by atoms with Gasteiger partial charge < -0.3 is 10.1 Å². The Hall–Kier alpha value is -1.71. The number of carbonyl (C=O) groups is 2. The lowest BCUT2D eigenvalue weighted by atomic mass is 10.5. The van der Waals surface area contributed by atoms with Crippen molar-refractivity contribution in [2.45, 2.75) is 5.03 Å². The molecule has 112 valence electrons. The number of hydrogen-bond donors (Lipinski definition) is 2. The number of imide groups is 1. The van der Waals surface area contributed by atoms with Gasteiger partial charge in [-0.3, -0.25) is 10.1 Å². The van der Waals surface area contributed by atoms with Gasteiger partial charge >= 0.3 is 6.03 Å². The van der Waals surface area contributed by atoms with Gasteiger partial charge in [-0.15, -0.1) is 11.3 Å². The second-order valence-electron chi connectivity index (χ2n) is 3.90. The molecule has 2 heterocycles. The Labute approximate surface area is 129 Å². The van der Waals surface area contributed by atoms with Crippen molar-refractivity contribution in [1.82, 2.24) is 20.6 Å². The molecule has 0 fully saturated rings. The van der Waals surface area contributed by atoms with E-state index >= 15 is 0 Å². The van der Waals surface area contributed by atoms with E-state index in [0.717, 1.165) is 15.2 Å². The van der Waals surface area contributed by atoms with Crippen LogP contribution in [0.3, 0.4) is 0 Å². The largest absolute Gasteiger partial charge is 0.383 e. The van der Waals surface area contributed by atoms with E-state index in [9.17, 15) is 9.59 Å². The molecular formula is C12H14N4O3S2. The number of aromatic nitrogens is 2. The molecule has 2 rings (SSSR count). The number of rotatable bonds is 6. The minimum atomic E-state index is -0.526. The molecular weight excluding hydrogens is 312 g/mol. The van der Waals surface area contributed by atoms with Crippen molar-refractivity contribution in [3.05, 3.63) is 17.8 Å². The fraction of sp³-hybridized carbons (Fsp3) is 0.333. The Morgan fingerprint density at radius 2 is 2.29 bits per heavy atom. The maximum absolute atomic E-state index is 11.7. The average molecular weight is 326 g/mol. The van der Waals surface area contributed by atoms with Gasteiger partial charge in [-0.1, -0.05) is 11.8 Å². The van der Waals surface area contributed by atoms with Crippen molar-refractivity contribution < 1.29 is 14.3 Å². The Morgan fingerprint density at radius 1 is 1.43 bits per heavy atom. The molecule has 2 aromatic heterocycles. The van der Waals surface area contributed by atoms with Crippen LogP contribution < -0.4 is 10.6 Å². The molecule has 0 saturated carbocycles. The first-order chi connectivity index (χ1) is 10.2. The fourth-order valence-electron chi connectivity index (χ4n) is 1.48. The SMILES string of the molecule is COCCNC(=O)NC(=O)CSc1ncnc2ccsc12. The van der Waals surface area contributed by atoms with Crippen molar-refractivity contribution in [3.63, 3.8) is 0 Å². The fourth-order valence-corrected chi connectivity index (χ4v) is 3.22. The summed E-state index contributed by atoms with van der Waals surface area (Å²) in [5.74, 6) is -0.264. The van der Waals surface area contributed by atoms with Gasteiger partial charge in [-0.2, -0.15) is 0 Å². The van der Waals surface area contributed by atoms with Gasteiger partial charge in [0.05, 0.1) is 22.6 Å². The van der Waals surface area contributed by atoms with Gasteiger partial charge in [0.2, 0.25) is 5.91 Å². The lowest BCUT2D eigenvalue weighted by Gasteiger charge is -2.06. The first-order valence-electron chi connectivity index (χ1n) is 6.08. The number of ether oxygens (including phenoxy) is 1. The van der Waals surface area contributed by atoms with Crippen molar-refractivity contribution in [1.29, 1.82) is 0 Å². The molecule has 21 heavy (non-hydrogen) atoms. The summed E-state index contributed by atoms with van der Waals surface area (Å²) in [7, 11) is 1.54. The lowest BCUT2D eigenvalue weighted by molar-refractivity contribution is -0.117. The number of thioether (sulfide) groups is 1. The normalized spacial score (nSPS) is 10.5. The number of carbonyl (C=O) groups excluding carboxylic acids is 2. The summed E-state index contributed by atoms with van der Waals surface area (Å²) in [5, 5.41) is 7.42. The highest BCUT2D eigenvalue weighted by Gasteiger charge is 2.11. The summed E-state index contributed by atoms with van der Waals surface area (Å²) in [6.07, 6.45) is 1.47. The molecule has 0 unspecified atom stereocenters. The Bertz CT molecular complexity index is 632. The van der Waals surface area contributed by atoms with Crippen molar-refractivity contribution in [3.8, 4) is 0 Å². The quantitative estimate of drug-likeness (QED) is 0.471. The summed E-state index contributed by atoms with van der Waals surface area (Å²) in [4.78, 5) is 31.3. The summed E-state index contributed by atoms with van der Waals surface area (Å²) in [6, 6.07) is 1.37. The van der Waals surface area contributed by atoms with E-state index in [4.69, 9.17) is 4.74 Å². The second-order valence-corrected chi connectivity index (χ2v) is 5.78. The molecule has 0 atom stereocenters. The number of fused-ring (bicyclic) bond motifs is 1. The predicted molar refractivity (Wildman–Crippen MR) is 81.6 cm³/mol. The number of thiophene rings is 1. The zero-order valence-electron chi connectivity index (χ0n) is 11.3. The molecule has 0 spiro atoms. The highest BCUT2D eigenvalue weighted by Crippen LogP contribution is 2.28. The molecule has 2 N–H and O–H groups in total. The highest BCUT2D eigenvalue weighted by atomic mass is 32.2. The summed E-state index contributed by atoms with van der Waals surface area (Å²) in [5.41, 5.74) is 0.857. The van der Waals surface area contributed by atoms with Crippen LogP contribution in [0.25, 0.3) is 10.2 Å². The van der Waals surface area contributed by atoms with Crippen molar-refractivity contribution in [2.75, 3.05) is 26.0 Å². The predicted octanol–water partition coefficient (Wildman–Crippen LogP) is 1.26. The van der Waals surface area contributed by atoms with Crippen LogP contribution >= 0.6 is 23.1 Å². The Morgan fingerprint density at radius 3 is 3.10 bits per heavy atom. The van der Waals surface area contributed by atoms with Crippen LogP contribution in [0.5, 0.6) is 0 Å². The van der Waals surface area contributed by atoms with Crippen LogP contribution in [-0.4, -0.2) is 47.9 Å². The maximum Gasteiger partial charge on any atom is 0.321 e. The van der Waals surface area contributed by atoms with Crippen LogP contribution in [-0.2, 0) is 9.53 Å². The second kappa shape index (κ2) is 7.91. The third-order valence-corrected chi connectivity index (χ3v) is 4.42. The van der Waals surface area contributed by atoms with Crippen LogP contribution in [0.4, 0.5) is 4.79 Å². The van der Waals surface area contributed by atoms with Crippen molar-refractivity contribution >= 4 is 45.3 Å². The van der Waals surface area contributed by atoms with Crippen LogP contribution in [0.15, 0.2) is 22.8 Å². The van der Waals surface area contributed by atoms with Crippen LogP contribution in [0.2, 0.25) is 0 Å². The minimum absolute atomic E-state index is 0.113. The van der Waals surface area contributed by atoms with E-state index in [1.165, 1.54) is 36.5 Å². The van der Waals surface area contributed by atoms with Gasteiger partial charge in [0.15, 0.2) is 0 Å². The Kier molecular flexibility index (Phi) is 5.90. The molecule has 2 aromatic rings. The van der Waals surface area contributed by atoms with E-state index in [1.807, 2.05) is 11.4 Å². The molecule has 0 saturated heterocycles. The van der Waals surface area contributed by atoms with Gasteiger partial charge in [-0.05, 0) is 11.4 Å². The van der Waals surface area contributed by atoms with E-state index < -0.39 is 6.03 Å². The minimum Gasteiger partial charge on any atom is -0.383 e. The lowest BCUT2D eigenvalue weighted by Crippen LogP contribution is -2.41. The molecule has 3 amide bonds. The smallest absolute Gasteiger partial charge is 0.321 e. The molecule has 0 aliphatic rings. The molecule has 0 radical (unpaired) electrons. The molecule has 0 aromatic carbocycles. The number of methoxy groups -OCH3 is 1. The number of hydrogen-bond acceptors (Lipinski definition) is 7. The third kappa shape index (κ3) is 4.66. The van der Waals surface area contributed by atoms with E-state index in [0.29, 0.717) is 13.2 Å². The monoisotopic (exact) mass is 326 g/mol. The van der Waals surface area contributed by atoms with Crippen LogP contribution in [0.1, 0.15) is 0 Å². The number of amides is 3. The summed E-state index contributed by atoms with van der Waals surface area (Å²) in [6.45, 7) is 0.748.